The number of anilines is 1. The van der Waals surface area contributed by atoms with E-state index in [2.05, 4.69) is 15.5 Å². The summed E-state index contributed by atoms with van der Waals surface area (Å²) >= 11 is 8.61. The van der Waals surface area contributed by atoms with Crippen molar-refractivity contribution in [2.45, 2.75) is 43.2 Å². The third kappa shape index (κ3) is 4.77. The SMILES string of the molecule is CC(Sc1nnc(COc2ccc(Cl)cc2)n1C)C(=O)Nc1sc2c(c1C(N)=O)CCC2. The van der Waals surface area contributed by atoms with E-state index < -0.39 is 11.2 Å². The van der Waals surface area contributed by atoms with Crippen molar-refractivity contribution in [3.8, 4) is 5.75 Å². The van der Waals surface area contributed by atoms with Crippen LogP contribution in [0.3, 0.4) is 0 Å². The van der Waals surface area contributed by atoms with Gasteiger partial charge in [-0.25, -0.2) is 0 Å². The molecule has 3 N–H and O–H groups in total. The van der Waals surface area contributed by atoms with E-state index in [1.54, 1.807) is 35.8 Å². The van der Waals surface area contributed by atoms with Gasteiger partial charge in [0.1, 0.15) is 17.4 Å². The zero-order valence-corrected chi connectivity index (χ0v) is 19.9. The number of carbonyl (C=O) groups is 2. The molecule has 3 aromatic rings. The number of fused-ring (bicyclic) bond motifs is 1. The number of nitrogens with two attached hydrogens (primary N) is 1. The summed E-state index contributed by atoms with van der Waals surface area (Å²) in [7, 11) is 1.82. The highest BCUT2D eigenvalue weighted by molar-refractivity contribution is 8.00. The maximum absolute atomic E-state index is 12.8. The van der Waals surface area contributed by atoms with E-state index >= 15 is 0 Å². The molecule has 1 aliphatic carbocycles. The number of benzene rings is 1. The van der Waals surface area contributed by atoms with Crippen molar-refractivity contribution in [2.24, 2.45) is 12.8 Å². The standard InChI is InChI=1S/C21H22ClN5O3S2/c1-11(19(29)24-20-17(18(23)28)14-4-3-5-15(14)32-20)31-21-26-25-16(27(21)2)10-30-13-8-6-12(22)7-9-13/h6-9,11H,3-5,10H2,1-2H3,(H2,23,28)(H,24,29). The number of hydrogen-bond acceptors (Lipinski definition) is 7. The minimum atomic E-state index is -0.501. The minimum Gasteiger partial charge on any atom is -0.486 e. The van der Waals surface area contributed by atoms with E-state index in [-0.39, 0.29) is 12.5 Å². The second kappa shape index (κ2) is 9.51. The molecule has 2 aromatic heterocycles. The lowest BCUT2D eigenvalue weighted by Crippen LogP contribution is -2.24. The van der Waals surface area contributed by atoms with Gasteiger partial charge < -0.3 is 20.4 Å². The Bertz CT molecular complexity index is 1160. The summed E-state index contributed by atoms with van der Waals surface area (Å²) in [6.45, 7) is 2.01. The first-order valence-electron chi connectivity index (χ1n) is 10.0. The van der Waals surface area contributed by atoms with Gasteiger partial charge in [-0.1, -0.05) is 23.4 Å². The van der Waals surface area contributed by atoms with Crippen molar-refractivity contribution < 1.29 is 14.3 Å². The molecule has 0 aliphatic heterocycles. The molecule has 0 saturated carbocycles. The molecule has 0 bridgehead atoms. The van der Waals surface area contributed by atoms with E-state index in [0.717, 1.165) is 29.7 Å². The number of hydrogen-bond donors (Lipinski definition) is 2. The van der Waals surface area contributed by atoms with Crippen molar-refractivity contribution in [1.82, 2.24) is 14.8 Å². The number of amides is 2. The maximum atomic E-state index is 12.8. The van der Waals surface area contributed by atoms with Crippen LogP contribution in [0.4, 0.5) is 5.00 Å². The van der Waals surface area contributed by atoms with Gasteiger partial charge in [0, 0.05) is 16.9 Å². The van der Waals surface area contributed by atoms with Crippen molar-refractivity contribution in [2.75, 3.05) is 5.32 Å². The van der Waals surface area contributed by atoms with E-state index in [1.165, 1.54) is 23.1 Å². The fourth-order valence-corrected chi connectivity index (χ4v) is 5.69. The molecule has 32 heavy (non-hydrogen) atoms. The molecule has 1 unspecified atom stereocenters. The van der Waals surface area contributed by atoms with E-state index in [4.69, 9.17) is 22.1 Å². The van der Waals surface area contributed by atoms with Gasteiger partial charge in [0.15, 0.2) is 11.0 Å². The number of thiophene rings is 1. The average molecular weight is 492 g/mol. The Labute approximate surface area is 198 Å². The van der Waals surface area contributed by atoms with Crippen molar-refractivity contribution in [3.05, 3.63) is 51.1 Å². The van der Waals surface area contributed by atoms with Crippen LogP contribution in [-0.4, -0.2) is 31.8 Å². The number of nitrogens with zero attached hydrogens (tertiary/aromatic N) is 3. The van der Waals surface area contributed by atoms with Crippen LogP contribution < -0.4 is 15.8 Å². The molecule has 0 spiro atoms. The van der Waals surface area contributed by atoms with Gasteiger partial charge in [0.25, 0.3) is 5.91 Å². The Balaban J connectivity index is 1.39. The molecule has 4 rings (SSSR count). The normalized spacial score (nSPS) is 13.6. The summed E-state index contributed by atoms with van der Waals surface area (Å²) in [6, 6.07) is 7.06. The van der Waals surface area contributed by atoms with Crippen LogP contribution >= 0.6 is 34.7 Å². The number of ether oxygens (including phenoxy) is 1. The molecule has 0 fully saturated rings. The maximum Gasteiger partial charge on any atom is 0.251 e. The molecule has 0 radical (unpaired) electrons. The van der Waals surface area contributed by atoms with Crippen LogP contribution in [0.15, 0.2) is 29.4 Å². The summed E-state index contributed by atoms with van der Waals surface area (Å²) < 4.78 is 7.52. The van der Waals surface area contributed by atoms with Gasteiger partial charge in [-0.3, -0.25) is 9.59 Å². The number of nitrogens with one attached hydrogen (secondary N) is 1. The van der Waals surface area contributed by atoms with Crippen LogP contribution in [0.5, 0.6) is 5.75 Å². The van der Waals surface area contributed by atoms with Crippen LogP contribution in [0, 0.1) is 0 Å². The van der Waals surface area contributed by atoms with Gasteiger partial charge in [-0.2, -0.15) is 0 Å². The van der Waals surface area contributed by atoms with Crippen molar-refractivity contribution in [1.29, 1.82) is 0 Å². The Morgan fingerprint density at radius 1 is 1.31 bits per heavy atom. The van der Waals surface area contributed by atoms with Gasteiger partial charge in [-0.15, -0.1) is 21.5 Å². The number of thioether (sulfide) groups is 1. The lowest BCUT2D eigenvalue weighted by Gasteiger charge is -2.12. The first kappa shape index (κ1) is 22.6. The van der Waals surface area contributed by atoms with Crippen LogP contribution in [0.2, 0.25) is 5.02 Å². The topological polar surface area (TPSA) is 112 Å². The van der Waals surface area contributed by atoms with E-state index in [9.17, 15) is 9.59 Å². The molecule has 1 aromatic carbocycles. The lowest BCUT2D eigenvalue weighted by molar-refractivity contribution is -0.115. The predicted molar refractivity (Wildman–Crippen MR) is 126 cm³/mol. The molecule has 1 atom stereocenters. The number of primary amides is 1. The average Bonchev–Trinajstić information content (AvgIpc) is 3.43. The fourth-order valence-electron chi connectivity index (χ4n) is 3.43. The molecule has 1 aliphatic rings. The summed E-state index contributed by atoms with van der Waals surface area (Å²) in [5.74, 6) is 0.575. The number of halogens is 1. The highest BCUT2D eigenvalue weighted by Crippen LogP contribution is 2.39. The molecule has 2 amide bonds. The lowest BCUT2D eigenvalue weighted by atomic mass is 10.1. The van der Waals surface area contributed by atoms with E-state index in [0.29, 0.717) is 32.3 Å². The molecular weight excluding hydrogens is 470 g/mol. The smallest absolute Gasteiger partial charge is 0.251 e. The Hall–Kier alpha value is -2.56. The van der Waals surface area contributed by atoms with Crippen molar-refractivity contribution >= 4 is 51.5 Å². The summed E-state index contributed by atoms with van der Waals surface area (Å²) in [4.78, 5) is 25.9. The third-order valence-corrected chi connectivity index (χ3v) is 7.76. The third-order valence-electron chi connectivity index (χ3n) is 5.16. The Morgan fingerprint density at radius 2 is 2.06 bits per heavy atom. The van der Waals surface area contributed by atoms with Gasteiger partial charge in [-0.05, 0) is 56.0 Å². The number of aryl methyl sites for hydroxylation is 1. The molecule has 11 heteroatoms. The summed E-state index contributed by atoms with van der Waals surface area (Å²) in [5, 5.41) is 12.5. The molecule has 8 nitrogen and oxygen atoms in total. The minimum absolute atomic E-state index is 0.223. The first-order valence-corrected chi connectivity index (χ1v) is 12.1. The first-order chi connectivity index (χ1) is 15.3. The Kier molecular flexibility index (Phi) is 6.73. The number of aromatic nitrogens is 3. The highest BCUT2D eigenvalue weighted by Gasteiger charge is 2.27. The Morgan fingerprint density at radius 3 is 2.78 bits per heavy atom. The second-order valence-corrected chi connectivity index (χ2v) is 10.2. The molecular formula is C21H22ClN5O3S2. The zero-order valence-electron chi connectivity index (χ0n) is 17.6. The molecule has 168 valence electrons. The van der Waals surface area contributed by atoms with Gasteiger partial charge in [0.2, 0.25) is 5.91 Å². The predicted octanol–water partition coefficient (Wildman–Crippen LogP) is 3.82. The van der Waals surface area contributed by atoms with E-state index in [1.807, 2.05) is 7.05 Å². The molecule has 0 saturated heterocycles. The second-order valence-electron chi connectivity index (χ2n) is 7.38. The largest absolute Gasteiger partial charge is 0.486 e. The molecule has 2 heterocycles. The van der Waals surface area contributed by atoms with Crippen molar-refractivity contribution in [3.63, 3.8) is 0 Å². The number of rotatable bonds is 8. The van der Waals surface area contributed by atoms with Crippen LogP contribution in [0.1, 0.15) is 40.0 Å². The summed E-state index contributed by atoms with van der Waals surface area (Å²) in [6.07, 6.45) is 2.75. The van der Waals surface area contributed by atoms with Gasteiger partial charge >= 0.3 is 0 Å². The van der Waals surface area contributed by atoms with Crippen LogP contribution in [-0.2, 0) is 31.3 Å². The fraction of sp³-hybridized carbons (Fsp3) is 0.333. The quantitative estimate of drug-likeness (QED) is 0.463. The van der Waals surface area contributed by atoms with Crippen LogP contribution in [0.25, 0.3) is 0 Å². The highest BCUT2D eigenvalue weighted by atomic mass is 35.5. The zero-order chi connectivity index (χ0) is 22.8. The monoisotopic (exact) mass is 491 g/mol. The van der Waals surface area contributed by atoms with Gasteiger partial charge in [0.05, 0.1) is 10.8 Å². The number of carbonyl (C=O) groups excluding carboxylic acids is 2. The summed E-state index contributed by atoms with van der Waals surface area (Å²) in [5.41, 5.74) is 7.01.